The third-order valence-corrected chi connectivity index (χ3v) is 11.2. The van der Waals surface area contributed by atoms with Crippen LogP contribution in [0.1, 0.15) is 88.5 Å². The molecule has 8 heteroatoms. The summed E-state index contributed by atoms with van der Waals surface area (Å²) in [7, 11) is 0. The van der Waals surface area contributed by atoms with Crippen LogP contribution in [0.4, 0.5) is 0 Å². The number of likely N-dealkylation sites (tertiary alicyclic amines) is 2. The number of aliphatic hydroxyl groups excluding tert-OH is 1. The zero-order valence-electron chi connectivity index (χ0n) is 24.3. The molecular formula is C34H42N2O6. The van der Waals surface area contributed by atoms with E-state index in [1.54, 1.807) is 9.80 Å². The highest BCUT2D eigenvalue weighted by molar-refractivity contribution is 6.08. The molecule has 0 radical (unpaired) electrons. The van der Waals surface area contributed by atoms with Crippen molar-refractivity contribution in [2.45, 2.75) is 95.1 Å². The maximum Gasteiger partial charge on any atom is 0.234 e. The minimum Gasteiger partial charge on any atom is -0.491 e. The number of nitrogens with zero attached hydrogens (tertiary/aromatic N) is 2. The molecule has 0 aromatic heterocycles. The maximum absolute atomic E-state index is 14.3. The van der Waals surface area contributed by atoms with Crippen LogP contribution in [0.15, 0.2) is 35.9 Å². The van der Waals surface area contributed by atoms with Gasteiger partial charge in [0.25, 0.3) is 0 Å². The van der Waals surface area contributed by atoms with Crippen LogP contribution < -0.4 is 4.74 Å². The topological polar surface area (TPSA) is 104 Å². The van der Waals surface area contributed by atoms with Crippen molar-refractivity contribution in [2.24, 2.45) is 29.6 Å². The first-order valence-electron chi connectivity index (χ1n) is 16.3. The Morgan fingerprint density at radius 2 is 1.31 bits per heavy atom. The molecule has 3 saturated carbocycles. The molecule has 6 atom stereocenters. The fraction of sp³-hybridized carbons (Fsp3) is 0.647. The highest BCUT2D eigenvalue weighted by Crippen LogP contribution is 2.59. The van der Waals surface area contributed by atoms with Crippen LogP contribution in [0.25, 0.3) is 0 Å². The number of benzene rings is 1. The number of fused-ring (bicyclic) bond motifs is 4. The predicted molar refractivity (Wildman–Crippen MR) is 154 cm³/mol. The van der Waals surface area contributed by atoms with E-state index in [9.17, 15) is 24.3 Å². The van der Waals surface area contributed by atoms with Crippen molar-refractivity contribution >= 4 is 23.6 Å². The van der Waals surface area contributed by atoms with E-state index < -0.39 is 29.6 Å². The van der Waals surface area contributed by atoms with Crippen LogP contribution in [-0.2, 0) is 19.2 Å². The molecule has 0 spiro atoms. The summed E-state index contributed by atoms with van der Waals surface area (Å²) in [4.78, 5) is 59.6. The SMILES string of the molecule is O=C1C2CC=C3C(CC4C(=O)N(C5CCCCC5)C(=O)C4C3c3ccccc3OCCO)C2C(=O)N1C1CCCCC1. The second-order valence-electron chi connectivity index (χ2n) is 13.3. The number of amides is 4. The van der Waals surface area contributed by atoms with Crippen LogP contribution in [0, 0.1) is 29.6 Å². The summed E-state index contributed by atoms with van der Waals surface area (Å²) in [5, 5.41) is 9.50. The number of imide groups is 2. The van der Waals surface area contributed by atoms with Crippen molar-refractivity contribution in [3.05, 3.63) is 41.5 Å². The average molecular weight is 575 g/mol. The number of hydrogen-bond donors (Lipinski definition) is 1. The fourth-order valence-electron chi connectivity index (χ4n) is 9.41. The molecule has 2 aliphatic heterocycles. The lowest BCUT2D eigenvalue weighted by Gasteiger charge is -2.44. The van der Waals surface area contributed by atoms with E-state index >= 15 is 0 Å². The third kappa shape index (κ3) is 4.35. The Kier molecular flexibility index (Phi) is 7.45. The molecule has 224 valence electrons. The standard InChI is InChI=1S/C34H42N2O6/c37-17-18-42-27-14-8-7-13-23(27)28-22-15-16-24-29(33(40)35(31(24)38)20-9-3-1-4-10-20)25(22)19-26-30(28)34(41)36(32(26)39)21-11-5-2-6-12-21/h7-8,13-15,20-21,24-26,28-30,37H,1-6,9-12,16-19H2. The summed E-state index contributed by atoms with van der Waals surface area (Å²) in [6.07, 6.45) is 12.8. The van der Waals surface area contributed by atoms with Crippen molar-refractivity contribution in [1.82, 2.24) is 9.80 Å². The lowest BCUT2D eigenvalue weighted by atomic mass is 9.57. The van der Waals surface area contributed by atoms with Gasteiger partial charge in [-0.2, -0.15) is 0 Å². The average Bonchev–Trinajstić information content (AvgIpc) is 3.43. The van der Waals surface area contributed by atoms with Gasteiger partial charge in [0.1, 0.15) is 12.4 Å². The Morgan fingerprint density at radius 1 is 0.714 bits per heavy atom. The molecule has 4 aliphatic carbocycles. The predicted octanol–water partition coefficient (Wildman–Crippen LogP) is 4.36. The van der Waals surface area contributed by atoms with E-state index in [0.29, 0.717) is 18.6 Å². The molecule has 1 aromatic rings. The molecule has 1 N–H and O–H groups in total. The summed E-state index contributed by atoms with van der Waals surface area (Å²) >= 11 is 0. The quantitative estimate of drug-likeness (QED) is 0.400. The minimum absolute atomic E-state index is 0.0240. The number of aliphatic hydroxyl groups is 1. The second kappa shape index (κ2) is 11.3. The lowest BCUT2D eigenvalue weighted by Crippen LogP contribution is -2.44. The first kappa shape index (κ1) is 27.8. The zero-order chi connectivity index (χ0) is 29.0. The fourth-order valence-corrected chi connectivity index (χ4v) is 9.41. The van der Waals surface area contributed by atoms with E-state index in [1.165, 1.54) is 0 Å². The van der Waals surface area contributed by atoms with Crippen LogP contribution in [0.2, 0.25) is 0 Å². The van der Waals surface area contributed by atoms with Gasteiger partial charge in [0.05, 0.1) is 30.3 Å². The Balaban J connectivity index is 1.30. The van der Waals surface area contributed by atoms with Crippen molar-refractivity contribution < 1.29 is 29.0 Å². The third-order valence-electron chi connectivity index (χ3n) is 11.2. The first-order valence-corrected chi connectivity index (χ1v) is 16.3. The molecular weight excluding hydrogens is 532 g/mol. The number of allylic oxidation sites excluding steroid dienone is 2. The molecule has 5 fully saturated rings. The van der Waals surface area contributed by atoms with Gasteiger partial charge in [-0.3, -0.25) is 29.0 Å². The van der Waals surface area contributed by atoms with Crippen LogP contribution in [0.3, 0.4) is 0 Å². The molecule has 42 heavy (non-hydrogen) atoms. The number of carbonyl (C=O) groups is 4. The molecule has 1 aromatic carbocycles. The first-order chi connectivity index (χ1) is 20.5. The van der Waals surface area contributed by atoms with E-state index in [-0.39, 0.29) is 54.8 Å². The minimum atomic E-state index is -0.556. The number of hydrogen-bond acceptors (Lipinski definition) is 6. The van der Waals surface area contributed by atoms with Crippen LogP contribution in [0.5, 0.6) is 5.75 Å². The molecule has 6 unspecified atom stereocenters. The Labute approximate surface area is 247 Å². The molecule has 2 heterocycles. The highest BCUT2D eigenvalue weighted by Gasteiger charge is 2.63. The highest BCUT2D eigenvalue weighted by atomic mass is 16.5. The normalized spacial score (nSPS) is 33.9. The van der Waals surface area contributed by atoms with E-state index in [0.717, 1.165) is 75.3 Å². The van der Waals surface area contributed by atoms with Gasteiger partial charge in [0.15, 0.2) is 0 Å². The van der Waals surface area contributed by atoms with Crippen molar-refractivity contribution in [1.29, 1.82) is 0 Å². The van der Waals surface area contributed by atoms with Gasteiger partial charge in [-0.25, -0.2) is 0 Å². The van der Waals surface area contributed by atoms with E-state index in [1.807, 2.05) is 24.3 Å². The number of carbonyl (C=O) groups excluding carboxylic acids is 4. The maximum atomic E-state index is 14.3. The van der Waals surface area contributed by atoms with Gasteiger partial charge in [-0.1, -0.05) is 68.4 Å². The molecule has 0 bridgehead atoms. The lowest BCUT2D eigenvalue weighted by molar-refractivity contribution is -0.145. The number of rotatable bonds is 6. The monoisotopic (exact) mass is 574 g/mol. The van der Waals surface area contributed by atoms with Crippen LogP contribution >= 0.6 is 0 Å². The zero-order valence-corrected chi connectivity index (χ0v) is 24.3. The summed E-state index contributed by atoms with van der Waals surface area (Å²) < 4.78 is 5.98. The Hall–Kier alpha value is -3.00. The van der Waals surface area contributed by atoms with E-state index in [4.69, 9.17) is 4.74 Å². The Morgan fingerprint density at radius 3 is 1.95 bits per heavy atom. The summed E-state index contributed by atoms with van der Waals surface area (Å²) in [5.41, 5.74) is 1.83. The van der Waals surface area contributed by atoms with Crippen molar-refractivity contribution in [3.8, 4) is 5.75 Å². The van der Waals surface area contributed by atoms with Gasteiger partial charge < -0.3 is 9.84 Å². The van der Waals surface area contributed by atoms with Gasteiger partial charge in [0, 0.05) is 23.6 Å². The van der Waals surface area contributed by atoms with Crippen molar-refractivity contribution in [2.75, 3.05) is 13.2 Å². The summed E-state index contributed by atoms with van der Waals surface area (Å²) in [5.74, 6) is -2.38. The van der Waals surface area contributed by atoms with Gasteiger partial charge >= 0.3 is 0 Å². The summed E-state index contributed by atoms with van der Waals surface area (Å²) in [6, 6.07) is 7.51. The second-order valence-corrected chi connectivity index (χ2v) is 13.3. The largest absolute Gasteiger partial charge is 0.491 e. The number of para-hydroxylation sites is 1. The molecule has 8 nitrogen and oxygen atoms in total. The van der Waals surface area contributed by atoms with Gasteiger partial charge in [-0.15, -0.1) is 0 Å². The molecule has 2 saturated heterocycles. The molecule has 7 rings (SSSR count). The van der Waals surface area contributed by atoms with Crippen LogP contribution in [-0.4, -0.2) is 63.8 Å². The Bertz CT molecular complexity index is 1290. The van der Waals surface area contributed by atoms with Crippen molar-refractivity contribution in [3.63, 3.8) is 0 Å². The smallest absolute Gasteiger partial charge is 0.234 e. The molecule has 4 amide bonds. The van der Waals surface area contributed by atoms with Gasteiger partial charge in [0.2, 0.25) is 23.6 Å². The van der Waals surface area contributed by atoms with Gasteiger partial charge in [-0.05, 0) is 50.5 Å². The molecule has 6 aliphatic rings. The van der Waals surface area contributed by atoms with E-state index in [2.05, 4.69) is 6.08 Å². The number of ether oxygens (including phenoxy) is 1. The summed E-state index contributed by atoms with van der Waals surface area (Å²) in [6.45, 7) is -0.0178.